The molecule has 0 aliphatic heterocycles. The molecule has 22 heavy (non-hydrogen) atoms. The lowest BCUT2D eigenvalue weighted by molar-refractivity contribution is -0.402. The largest absolute Gasteiger partial charge is 0.433 e. The number of hydrogen-bond donors (Lipinski definition) is 0. The van der Waals surface area contributed by atoms with E-state index in [-0.39, 0.29) is 17.6 Å². The van der Waals surface area contributed by atoms with E-state index in [1.165, 1.54) is 24.3 Å². The van der Waals surface area contributed by atoms with Gasteiger partial charge in [-0.15, -0.1) is 0 Å². The first-order chi connectivity index (χ1) is 10.5. The summed E-state index contributed by atoms with van der Waals surface area (Å²) in [5, 5.41) is 10.5. The van der Waals surface area contributed by atoms with E-state index < -0.39 is 4.92 Å². The minimum Gasteiger partial charge on any atom is -0.401 e. The van der Waals surface area contributed by atoms with E-state index in [1.807, 2.05) is 31.2 Å². The van der Waals surface area contributed by atoms with Crippen molar-refractivity contribution >= 4 is 17.9 Å². The summed E-state index contributed by atoms with van der Waals surface area (Å²) in [6, 6.07) is 10.5. The Kier molecular flexibility index (Phi) is 4.73. The molecular weight excluding hydrogens is 284 g/mol. The van der Waals surface area contributed by atoms with Gasteiger partial charge in [-0.2, -0.15) is 0 Å². The van der Waals surface area contributed by atoms with Gasteiger partial charge in [0.2, 0.25) is 5.91 Å². The van der Waals surface area contributed by atoms with Gasteiger partial charge in [-0.3, -0.25) is 14.9 Å². The van der Waals surface area contributed by atoms with E-state index in [1.54, 1.807) is 11.9 Å². The standard InChI is InChI=1S/C16H16N2O4/c1-12-5-3-4-6-13(12)11-17(2)15(19)9-7-14-8-10-16(22-14)18(20)21/h3-10H,11H2,1-2H3/b9-7+. The number of carbonyl (C=O) groups excluding carboxylic acids is 1. The van der Waals surface area contributed by atoms with Gasteiger partial charge >= 0.3 is 5.88 Å². The van der Waals surface area contributed by atoms with Crippen molar-refractivity contribution in [2.75, 3.05) is 7.05 Å². The zero-order chi connectivity index (χ0) is 16.1. The molecule has 1 heterocycles. The zero-order valence-corrected chi connectivity index (χ0v) is 12.4. The second-order valence-electron chi connectivity index (χ2n) is 4.89. The average Bonchev–Trinajstić information content (AvgIpc) is 2.96. The van der Waals surface area contributed by atoms with Gasteiger partial charge in [0.25, 0.3) is 0 Å². The summed E-state index contributed by atoms with van der Waals surface area (Å²) in [5.74, 6) is -0.285. The van der Waals surface area contributed by atoms with Crippen LogP contribution in [0.1, 0.15) is 16.9 Å². The molecule has 6 heteroatoms. The topological polar surface area (TPSA) is 76.6 Å². The molecule has 0 fully saturated rings. The maximum atomic E-state index is 12.0. The van der Waals surface area contributed by atoms with E-state index in [2.05, 4.69) is 0 Å². The molecule has 114 valence electrons. The van der Waals surface area contributed by atoms with E-state index in [9.17, 15) is 14.9 Å². The predicted octanol–water partition coefficient (Wildman–Crippen LogP) is 3.17. The van der Waals surface area contributed by atoms with Crippen molar-refractivity contribution in [1.29, 1.82) is 0 Å². The van der Waals surface area contributed by atoms with Crippen LogP contribution in [0, 0.1) is 17.0 Å². The summed E-state index contributed by atoms with van der Waals surface area (Å²) >= 11 is 0. The first-order valence-electron chi connectivity index (χ1n) is 6.69. The molecule has 2 rings (SSSR count). The minimum atomic E-state index is -0.622. The SMILES string of the molecule is Cc1ccccc1CN(C)C(=O)/C=C/c1ccc([N+](=O)[O-])o1. The highest BCUT2D eigenvalue weighted by atomic mass is 16.6. The number of rotatable bonds is 5. The summed E-state index contributed by atoms with van der Waals surface area (Å²) in [6.45, 7) is 2.49. The van der Waals surface area contributed by atoms with Crippen LogP contribution in [-0.2, 0) is 11.3 Å². The number of amides is 1. The Labute approximate surface area is 127 Å². The average molecular weight is 300 g/mol. The van der Waals surface area contributed by atoms with Crippen LogP contribution in [0.5, 0.6) is 0 Å². The Morgan fingerprint density at radius 1 is 1.32 bits per heavy atom. The van der Waals surface area contributed by atoms with Crippen LogP contribution in [0.15, 0.2) is 46.9 Å². The fraction of sp³-hybridized carbons (Fsp3) is 0.188. The summed E-state index contributed by atoms with van der Waals surface area (Å²) in [6.07, 6.45) is 2.75. The number of nitro groups is 1. The lowest BCUT2D eigenvalue weighted by Gasteiger charge is -2.16. The van der Waals surface area contributed by atoms with Crippen molar-refractivity contribution in [3.63, 3.8) is 0 Å². The molecule has 0 saturated carbocycles. The Morgan fingerprint density at radius 2 is 2.05 bits per heavy atom. The van der Waals surface area contributed by atoms with E-state index in [0.29, 0.717) is 6.54 Å². The van der Waals surface area contributed by atoms with Crippen LogP contribution in [0.2, 0.25) is 0 Å². The van der Waals surface area contributed by atoms with Gasteiger partial charge in [-0.1, -0.05) is 24.3 Å². The Morgan fingerprint density at radius 3 is 2.68 bits per heavy atom. The number of likely N-dealkylation sites (N-methyl/N-ethyl adjacent to an activating group) is 1. The van der Waals surface area contributed by atoms with Crippen LogP contribution in [0.25, 0.3) is 6.08 Å². The van der Waals surface area contributed by atoms with Crippen molar-refractivity contribution < 1.29 is 14.1 Å². The van der Waals surface area contributed by atoms with Crippen LogP contribution in [-0.4, -0.2) is 22.8 Å². The molecule has 0 bridgehead atoms. The normalized spacial score (nSPS) is 10.8. The van der Waals surface area contributed by atoms with Crippen LogP contribution in [0.4, 0.5) is 5.88 Å². The van der Waals surface area contributed by atoms with Gasteiger partial charge in [0, 0.05) is 19.7 Å². The molecule has 0 aliphatic carbocycles. The van der Waals surface area contributed by atoms with Crippen molar-refractivity contribution in [3.8, 4) is 0 Å². The minimum absolute atomic E-state index is 0.206. The monoisotopic (exact) mass is 300 g/mol. The molecule has 0 atom stereocenters. The fourth-order valence-electron chi connectivity index (χ4n) is 1.93. The molecule has 0 spiro atoms. The number of benzene rings is 1. The van der Waals surface area contributed by atoms with Crippen molar-refractivity contribution in [3.05, 3.63) is 69.5 Å². The number of furan rings is 1. The Bertz CT molecular complexity index is 718. The third-order valence-electron chi connectivity index (χ3n) is 3.23. The molecule has 0 radical (unpaired) electrons. The van der Waals surface area contributed by atoms with E-state index >= 15 is 0 Å². The number of carbonyl (C=O) groups is 1. The highest BCUT2D eigenvalue weighted by Gasteiger charge is 2.11. The van der Waals surface area contributed by atoms with Gasteiger partial charge in [0.15, 0.2) is 0 Å². The lowest BCUT2D eigenvalue weighted by atomic mass is 10.1. The predicted molar refractivity (Wildman–Crippen MR) is 82.0 cm³/mol. The smallest absolute Gasteiger partial charge is 0.401 e. The Balaban J connectivity index is 2.00. The van der Waals surface area contributed by atoms with Crippen LogP contribution in [0.3, 0.4) is 0 Å². The summed E-state index contributed by atoms with van der Waals surface area (Å²) in [7, 11) is 1.70. The molecule has 1 amide bonds. The molecule has 0 saturated heterocycles. The first kappa shape index (κ1) is 15.5. The van der Waals surface area contributed by atoms with Gasteiger partial charge in [-0.05, 0) is 30.2 Å². The van der Waals surface area contributed by atoms with Crippen LogP contribution >= 0.6 is 0 Å². The molecule has 0 unspecified atom stereocenters. The first-order valence-corrected chi connectivity index (χ1v) is 6.69. The summed E-state index contributed by atoms with van der Waals surface area (Å²) < 4.78 is 4.96. The van der Waals surface area contributed by atoms with Crippen LogP contribution < -0.4 is 0 Å². The second-order valence-corrected chi connectivity index (χ2v) is 4.89. The van der Waals surface area contributed by atoms with E-state index in [4.69, 9.17) is 4.42 Å². The number of nitrogens with zero attached hydrogens (tertiary/aromatic N) is 2. The van der Waals surface area contributed by atoms with Gasteiger partial charge < -0.3 is 9.32 Å². The zero-order valence-electron chi connectivity index (χ0n) is 12.4. The Hall–Kier alpha value is -2.89. The van der Waals surface area contributed by atoms with Crippen molar-refractivity contribution in [2.45, 2.75) is 13.5 Å². The van der Waals surface area contributed by atoms with Crippen molar-refractivity contribution in [2.24, 2.45) is 0 Å². The van der Waals surface area contributed by atoms with Gasteiger partial charge in [0.1, 0.15) is 10.7 Å². The quantitative estimate of drug-likeness (QED) is 0.483. The maximum Gasteiger partial charge on any atom is 0.433 e. The highest BCUT2D eigenvalue weighted by molar-refractivity contribution is 5.91. The number of aryl methyl sites for hydroxylation is 1. The fourth-order valence-corrected chi connectivity index (χ4v) is 1.93. The second kappa shape index (κ2) is 6.71. The molecule has 6 nitrogen and oxygen atoms in total. The lowest BCUT2D eigenvalue weighted by Crippen LogP contribution is -2.24. The summed E-state index contributed by atoms with van der Waals surface area (Å²) in [5.41, 5.74) is 2.19. The maximum absolute atomic E-state index is 12.0. The van der Waals surface area contributed by atoms with Gasteiger partial charge in [-0.25, -0.2) is 0 Å². The molecule has 1 aromatic heterocycles. The molecule has 0 N–H and O–H groups in total. The molecular formula is C16H16N2O4. The third-order valence-corrected chi connectivity index (χ3v) is 3.23. The summed E-state index contributed by atoms with van der Waals surface area (Å²) in [4.78, 5) is 23.5. The highest BCUT2D eigenvalue weighted by Crippen LogP contribution is 2.17. The molecule has 1 aromatic carbocycles. The molecule has 2 aromatic rings. The van der Waals surface area contributed by atoms with Crippen molar-refractivity contribution in [1.82, 2.24) is 4.90 Å². The van der Waals surface area contributed by atoms with Gasteiger partial charge in [0.05, 0.1) is 6.07 Å². The number of hydrogen-bond acceptors (Lipinski definition) is 4. The third kappa shape index (κ3) is 3.82. The molecule has 0 aliphatic rings. The van der Waals surface area contributed by atoms with E-state index in [0.717, 1.165) is 11.1 Å².